The number of amides is 1. The van der Waals surface area contributed by atoms with Crippen LogP contribution in [0.4, 0.5) is 5.95 Å². The molecule has 1 fully saturated rings. The van der Waals surface area contributed by atoms with Gasteiger partial charge in [-0.15, -0.1) is 0 Å². The minimum atomic E-state index is -0.547. The predicted octanol–water partition coefficient (Wildman–Crippen LogP) is 4.93. The number of carbonyl (C=O) groups excluding carboxylic acids is 3. The van der Waals surface area contributed by atoms with E-state index in [4.69, 9.17) is 14.7 Å². The number of hydrogen-bond donors (Lipinski definition) is 1. The summed E-state index contributed by atoms with van der Waals surface area (Å²) in [5.41, 5.74) is 3.70. The highest BCUT2D eigenvalue weighted by Gasteiger charge is 2.41. The van der Waals surface area contributed by atoms with Crippen molar-refractivity contribution >= 4 is 34.6 Å². The molecule has 1 amide bonds. The van der Waals surface area contributed by atoms with E-state index < -0.39 is 11.4 Å². The Labute approximate surface area is 272 Å². The quantitative estimate of drug-likeness (QED) is 0.240. The Morgan fingerprint density at radius 1 is 0.851 bits per heavy atom. The summed E-state index contributed by atoms with van der Waals surface area (Å²) in [4.78, 5) is 62.5. The molecule has 0 atom stereocenters. The number of ketones is 1. The fraction of sp³-hybridized carbons (Fsp3) is 0.243. The van der Waals surface area contributed by atoms with Gasteiger partial charge >= 0.3 is 5.97 Å². The second-order valence-electron chi connectivity index (χ2n) is 11.8. The number of anilines is 1. The van der Waals surface area contributed by atoms with Crippen LogP contribution in [0.25, 0.3) is 16.7 Å². The lowest BCUT2D eigenvalue weighted by molar-refractivity contribution is -0.123. The lowest BCUT2D eigenvalue weighted by atomic mass is 9.70. The van der Waals surface area contributed by atoms with Gasteiger partial charge in [0.1, 0.15) is 5.78 Å². The predicted molar refractivity (Wildman–Crippen MR) is 179 cm³/mol. The molecule has 238 valence electrons. The maximum absolute atomic E-state index is 13.3. The fourth-order valence-electron chi connectivity index (χ4n) is 6.25. The van der Waals surface area contributed by atoms with Crippen molar-refractivity contribution in [3.05, 3.63) is 129 Å². The van der Waals surface area contributed by atoms with Gasteiger partial charge in [0, 0.05) is 36.7 Å². The molecule has 1 saturated heterocycles. The fourth-order valence-corrected chi connectivity index (χ4v) is 6.25. The van der Waals surface area contributed by atoms with E-state index in [1.807, 2.05) is 37.3 Å². The largest absolute Gasteiger partial charge is 0.465 e. The molecule has 5 aromatic rings. The van der Waals surface area contributed by atoms with E-state index in [2.05, 4.69) is 10.2 Å². The second-order valence-corrected chi connectivity index (χ2v) is 11.8. The van der Waals surface area contributed by atoms with Gasteiger partial charge < -0.3 is 15.0 Å². The first-order valence-electron chi connectivity index (χ1n) is 15.5. The standard InChI is InChI=1S/C37H35N5O5/c1-24-31-17-18-32(44)42(30-15-13-27(14-16-30)34(45)38-23-26-9-11-28(12-10-26)35(46)47-3)33(31)40-36(39-24)41-21-19-37(20-22-41,25(2)43)29-7-5-4-6-8-29/h4-18H,19-23H2,1-3H3,(H,38,45). The molecular formula is C37H35N5O5. The molecular weight excluding hydrogens is 594 g/mol. The Bertz CT molecular complexity index is 2010. The smallest absolute Gasteiger partial charge is 0.337 e. The van der Waals surface area contributed by atoms with Gasteiger partial charge in [-0.2, -0.15) is 4.98 Å². The zero-order chi connectivity index (χ0) is 33.1. The molecule has 1 N–H and O–H groups in total. The molecule has 1 aliphatic heterocycles. The monoisotopic (exact) mass is 629 g/mol. The molecule has 0 aliphatic carbocycles. The van der Waals surface area contributed by atoms with Crippen molar-refractivity contribution in [3.63, 3.8) is 0 Å². The highest BCUT2D eigenvalue weighted by Crippen LogP contribution is 2.37. The summed E-state index contributed by atoms with van der Waals surface area (Å²) in [6, 6.07) is 26.8. The first-order chi connectivity index (χ1) is 22.7. The van der Waals surface area contributed by atoms with Gasteiger partial charge in [-0.1, -0.05) is 42.5 Å². The van der Waals surface area contributed by atoms with Gasteiger partial charge in [0.15, 0.2) is 5.65 Å². The average Bonchev–Trinajstić information content (AvgIpc) is 3.10. The highest BCUT2D eigenvalue weighted by atomic mass is 16.5. The third kappa shape index (κ3) is 6.14. The Balaban J connectivity index is 1.22. The van der Waals surface area contributed by atoms with Crippen LogP contribution in [-0.2, 0) is 21.5 Å². The summed E-state index contributed by atoms with van der Waals surface area (Å²) in [6.07, 6.45) is 1.27. The van der Waals surface area contributed by atoms with Gasteiger partial charge in [-0.3, -0.25) is 19.0 Å². The normalized spacial score (nSPS) is 14.1. The average molecular weight is 630 g/mol. The zero-order valence-corrected chi connectivity index (χ0v) is 26.5. The second kappa shape index (κ2) is 13.0. The van der Waals surface area contributed by atoms with Crippen molar-refractivity contribution in [3.8, 4) is 5.69 Å². The number of benzene rings is 3. The van der Waals surface area contributed by atoms with Crippen LogP contribution >= 0.6 is 0 Å². The Kier molecular flexibility index (Phi) is 8.67. The SMILES string of the molecule is COC(=O)c1ccc(CNC(=O)c2ccc(-n3c(=O)ccc4c(C)nc(N5CCC(C(C)=O)(c6ccccc6)CC5)nc43)cc2)cc1. The van der Waals surface area contributed by atoms with E-state index in [9.17, 15) is 19.2 Å². The maximum Gasteiger partial charge on any atom is 0.337 e. The third-order valence-electron chi connectivity index (χ3n) is 9.04. The Morgan fingerprint density at radius 2 is 1.51 bits per heavy atom. The summed E-state index contributed by atoms with van der Waals surface area (Å²) in [5, 5.41) is 3.62. The molecule has 10 nitrogen and oxygen atoms in total. The lowest BCUT2D eigenvalue weighted by Crippen LogP contribution is -2.47. The van der Waals surface area contributed by atoms with Crippen LogP contribution in [0, 0.1) is 6.92 Å². The van der Waals surface area contributed by atoms with Crippen LogP contribution in [0.1, 0.15) is 57.3 Å². The number of esters is 1. The summed E-state index contributed by atoms with van der Waals surface area (Å²) >= 11 is 0. The number of Topliss-reactive ketones (excluding diaryl/α,β-unsaturated/α-hetero) is 1. The molecule has 2 aromatic heterocycles. The Hall–Kier alpha value is -5.64. The summed E-state index contributed by atoms with van der Waals surface area (Å²) in [5.74, 6) is -0.0363. The summed E-state index contributed by atoms with van der Waals surface area (Å²) in [7, 11) is 1.33. The highest BCUT2D eigenvalue weighted by molar-refractivity contribution is 5.94. The number of aryl methyl sites for hydroxylation is 1. The number of nitrogens with one attached hydrogen (secondary N) is 1. The molecule has 0 saturated carbocycles. The van der Waals surface area contributed by atoms with Gasteiger partial charge in [-0.05, 0) is 80.3 Å². The third-order valence-corrected chi connectivity index (χ3v) is 9.04. The van der Waals surface area contributed by atoms with Crippen LogP contribution < -0.4 is 15.8 Å². The zero-order valence-electron chi connectivity index (χ0n) is 26.5. The summed E-state index contributed by atoms with van der Waals surface area (Å²) in [6.45, 7) is 5.02. The molecule has 3 aromatic carbocycles. The van der Waals surface area contributed by atoms with Gasteiger partial charge in [-0.25, -0.2) is 9.78 Å². The van der Waals surface area contributed by atoms with Crippen molar-refractivity contribution in [1.82, 2.24) is 19.9 Å². The molecule has 1 aliphatic rings. The number of hydrogen-bond acceptors (Lipinski definition) is 8. The molecule has 0 radical (unpaired) electrons. The van der Waals surface area contributed by atoms with E-state index in [1.54, 1.807) is 61.5 Å². The molecule has 0 bridgehead atoms. The number of methoxy groups -OCH3 is 1. The topological polar surface area (TPSA) is 123 Å². The van der Waals surface area contributed by atoms with Crippen LogP contribution in [0.2, 0.25) is 0 Å². The van der Waals surface area contributed by atoms with Crippen LogP contribution in [-0.4, -0.2) is 52.4 Å². The van der Waals surface area contributed by atoms with Crippen molar-refractivity contribution in [1.29, 1.82) is 0 Å². The van der Waals surface area contributed by atoms with Crippen LogP contribution in [0.3, 0.4) is 0 Å². The number of piperidine rings is 1. The van der Waals surface area contributed by atoms with Crippen LogP contribution in [0.5, 0.6) is 0 Å². The van der Waals surface area contributed by atoms with E-state index >= 15 is 0 Å². The number of carbonyl (C=O) groups is 3. The molecule has 0 unspecified atom stereocenters. The molecule has 3 heterocycles. The molecule has 47 heavy (non-hydrogen) atoms. The molecule has 10 heteroatoms. The minimum Gasteiger partial charge on any atom is -0.465 e. The van der Waals surface area contributed by atoms with Crippen molar-refractivity contribution in [2.24, 2.45) is 0 Å². The van der Waals surface area contributed by atoms with E-state index in [-0.39, 0.29) is 23.8 Å². The first-order valence-corrected chi connectivity index (χ1v) is 15.5. The van der Waals surface area contributed by atoms with Crippen molar-refractivity contribution in [2.75, 3.05) is 25.1 Å². The Morgan fingerprint density at radius 3 is 2.15 bits per heavy atom. The summed E-state index contributed by atoms with van der Waals surface area (Å²) < 4.78 is 6.26. The van der Waals surface area contributed by atoms with Crippen molar-refractivity contribution in [2.45, 2.75) is 38.6 Å². The lowest BCUT2D eigenvalue weighted by Gasteiger charge is -2.40. The van der Waals surface area contributed by atoms with E-state index in [1.165, 1.54) is 17.7 Å². The molecule has 0 spiro atoms. The van der Waals surface area contributed by atoms with Gasteiger partial charge in [0.25, 0.3) is 11.5 Å². The number of nitrogens with zero attached hydrogens (tertiary/aromatic N) is 4. The van der Waals surface area contributed by atoms with Crippen LogP contribution in [0.15, 0.2) is 95.8 Å². The van der Waals surface area contributed by atoms with E-state index in [0.29, 0.717) is 54.3 Å². The van der Waals surface area contributed by atoms with Gasteiger partial charge in [0.2, 0.25) is 5.95 Å². The number of fused-ring (bicyclic) bond motifs is 1. The minimum absolute atomic E-state index is 0.152. The number of pyridine rings is 1. The number of aromatic nitrogens is 3. The maximum atomic E-state index is 13.3. The molecule has 6 rings (SSSR count). The van der Waals surface area contributed by atoms with Gasteiger partial charge in [0.05, 0.1) is 29.5 Å². The number of ether oxygens (including phenoxy) is 1. The number of rotatable bonds is 8. The van der Waals surface area contributed by atoms with E-state index in [0.717, 1.165) is 22.2 Å². The van der Waals surface area contributed by atoms with Crippen molar-refractivity contribution < 1.29 is 19.1 Å². The first kappa shape index (κ1) is 31.3.